The van der Waals surface area contributed by atoms with E-state index in [0.717, 1.165) is 13.0 Å². The Morgan fingerprint density at radius 2 is 1.94 bits per heavy atom. The fourth-order valence-electron chi connectivity index (χ4n) is 2.35. The number of fused-ring (bicyclic) bond motifs is 1. The van der Waals surface area contributed by atoms with E-state index >= 15 is 0 Å². The van der Waals surface area contributed by atoms with Crippen molar-refractivity contribution in [1.29, 1.82) is 0 Å². The molecule has 0 amide bonds. The monoisotopic (exact) mass is 213 g/mol. The number of imidazole rings is 1. The summed E-state index contributed by atoms with van der Waals surface area (Å²) in [5, 5.41) is 0. The molecule has 0 unspecified atom stereocenters. The topological polar surface area (TPSA) is 30.7 Å². The molecule has 2 aromatic heterocycles. The Morgan fingerprint density at radius 3 is 2.81 bits per heavy atom. The average Bonchev–Trinajstić information content (AvgIpc) is 2.60. The Balaban J connectivity index is 2.06. The summed E-state index contributed by atoms with van der Waals surface area (Å²) in [5.41, 5.74) is 2.45. The molecule has 0 bridgehead atoms. The highest BCUT2D eigenvalue weighted by atomic mass is 15.1. The summed E-state index contributed by atoms with van der Waals surface area (Å²) in [6.45, 7) is 1.10. The lowest BCUT2D eigenvalue weighted by atomic mass is 10.2. The van der Waals surface area contributed by atoms with Crippen molar-refractivity contribution in [3.05, 3.63) is 36.5 Å². The van der Waals surface area contributed by atoms with Gasteiger partial charge in [-0.3, -0.25) is 4.98 Å². The fourth-order valence-corrected chi connectivity index (χ4v) is 2.35. The van der Waals surface area contributed by atoms with Crippen LogP contribution in [-0.4, -0.2) is 14.5 Å². The Morgan fingerprint density at radius 1 is 1.06 bits per heavy atom. The van der Waals surface area contributed by atoms with E-state index in [1.807, 2.05) is 18.6 Å². The van der Waals surface area contributed by atoms with Gasteiger partial charge in [-0.05, 0) is 25.0 Å². The van der Waals surface area contributed by atoms with Crippen molar-refractivity contribution < 1.29 is 0 Å². The van der Waals surface area contributed by atoms with E-state index in [4.69, 9.17) is 0 Å². The zero-order chi connectivity index (χ0) is 10.8. The minimum atomic E-state index is 1.10. The quantitative estimate of drug-likeness (QED) is 0.729. The first kappa shape index (κ1) is 9.58. The molecule has 0 aromatic carbocycles. The summed E-state index contributed by atoms with van der Waals surface area (Å²) in [6.07, 6.45) is 10.6. The highest BCUT2D eigenvalue weighted by Crippen LogP contribution is 2.23. The van der Waals surface area contributed by atoms with E-state index in [-0.39, 0.29) is 0 Å². The average molecular weight is 213 g/mol. The number of hydrogen-bond acceptors (Lipinski definition) is 2. The maximum absolute atomic E-state index is 4.54. The van der Waals surface area contributed by atoms with Crippen LogP contribution in [0.1, 0.15) is 25.1 Å². The lowest BCUT2D eigenvalue weighted by Gasteiger charge is -2.08. The highest BCUT2D eigenvalue weighted by Gasteiger charge is 2.13. The van der Waals surface area contributed by atoms with Crippen LogP contribution >= 0.6 is 0 Å². The lowest BCUT2D eigenvalue weighted by molar-refractivity contribution is 0.638. The smallest absolute Gasteiger partial charge is 0.109 e. The van der Waals surface area contributed by atoms with Gasteiger partial charge in [-0.2, -0.15) is 0 Å². The summed E-state index contributed by atoms with van der Waals surface area (Å²) in [6, 6.07) is 4.10. The zero-order valence-electron chi connectivity index (χ0n) is 9.26. The van der Waals surface area contributed by atoms with Gasteiger partial charge in [0.2, 0.25) is 0 Å². The number of hydrogen-bond donors (Lipinski definition) is 0. The minimum Gasteiger partial charge on any atom is -0.328 e. The van der Waals surface area contributed by atoms with Gasteiger partial charge < -0.3 is 4.57 Å². The van der Waals surface area contributed by atoms with E-state index in [0.29, 0.717) is 0 Å². The largest absolute Gasteiger partial charge is 0.328 e. The molecule has 82 valence electrons. The molecule has 1 aliphatic rings. The molecule has 3 heteroatoms. The molecule has 0 atom stereocenters. The zero-order valence-corrected chi connectivity index (χ0v) is 9.26. The van der Waals surface area contributed by atoms with Gasteiger partial charge in [0.05, 0.1) is 11.9 Å². The van der Waals surface area contributed by atoms with Crippen LogP contribution in [0.5, 0.6) is 0 Å². The predicted molar refractivity (Wildman–Crippen MR) is 63.0 cm³/mol. The van der Waals surface area contributed by atoms with Crippen LogP contribution in [0.15, 0.2) is 30.7 Å². The van der Waals surface area contributed by atoms with Gasteiger partial charge in [0.25, 0.3) is 0 Å². The summed E-state index contributed by atoms with van der Waals surface area (Å²) < 4.78 is 2.36. The Hall–Kier alpha value is -1.64. The third-order valence-electron chi connectivity index (χ3n) is 3.20. The first-order valence-corrected chi connectivity index (χ1v) is 5.90. The standard InChI is InChI=1S/C13H15N3/c1-2-4-13-15-10-12(16(13)9-3-1)11-5-7-14-8-6-11/h5-8,10H,1-4,9H2. The van der Waals surface area contributed by atoms with Crippen LogP contribution in [0.3, 0.4) is 0 Å². The Bertz CT molecular complexity index is 473. The van der Waals surface area contributed by atoms with Crippen LogP contribution in [0, 0.1) is 0 Å². The number of pyridine rings is 1. The molecule has 0 saturated heterocycles. The fraction of sp³-hybridized carbons (Fsp3) is 0.385. The van der Waals surface area contributed by atoms with Crippen molar-refractivity contribution >= 4 is 0 Å². The van der Waals surface area contributed by atoms with Crippen molar-refractivity contribution in [3.8, 4) is 11.3 Å². The predicted octanol–water partition coefficient (Wildman–Crippen LogP) is 2.67. The second kappa shape index (κ2) is 4.08. The third kappa shape index (κ3) is 1.62. The highest BCUT2D eigenvalue weighted by molar-refractivity contribution is 5.58. The van der Waals surface area contributed by atoms with Crippen molar-refractivity contribution in [2.75, 3.05) is 0 Å². The SMILES string of the molecule is c1cc(-c2cnc3n2CCCCC3)ccn1. The van der Waals surface area contributed by atoms with Gasteiger partial charge in [0.15, 0.2) is 0 Å². The van der Waals surface area contributed by atoms with Crippen LogP contribution in [-0.2, 0) is 13.0 Å². The molecule has 0 radical (unpaired) electrons. The molecule has 16 heavy (non-hydrogen) atoms. The van der Waals surface area contributed by atoms with Gasteiger partial charge in [0, 0.05) is 30.9 Å². The molecule has 2 aromatic rings. The lowest BCUT2D eigenvalue weighted by Crippen LogP contribution is -2.02. The van der Waals surface area contributed by atoms with Gasteiger partial charge in [-0.25, -0.2) is 4.98 Å². The molecule has 3 heterocycles. The van der Waals surface area contributed by atoms with Gasteiger partial charge in [0.1, 0.15) is 5.82 Å². The molecular weight excluding hydrogens is 198 g/mol. The molecule has 3 rings (SSSR count). The Labute approximate surface area is 95.2 Å². The number of nitrogens with zero attached hydrogens (tertiary/aromatic N) is 3. The summed E-state index contributed by atoms with van der Waals surface area (Å²) in [5.74, 6) is 1.24. The van der Waals surface area contributed by atoms with E-state index in [9.17, 15) is 0 Å². The van der Waals surface area contributed by atoms with Gasteiger partial charge in [-0.1, -0.05) is 6.42 Å². The maximum Gasteiger partial charge on any atom is 0.109 e. The number of rotatable bonds is 1. The van der Waals surface area contributed by atoms with E-state index < -0.39 is 0 Å². The molecule has 0 saturated carbocycles. The van der Waals surface area contributed by atoms with Crippen LogP contribution in [0.25, 0.3) is 11.3 Å². The molecule has 1 aliphatic heterocycles. The maximum atomic E-state index is 4.54. The van der Waals surface area contributed by atoms with Crippen molar-refractivity contribution in [1.82, 2.24) is 14.5 Å². The number of aromatic nitrogens is 3. The second-order valence-electron chi connectivity index (χ2n) is 4.26. The molecule has 0 fully saturated rings. The first-order chi connectivity index (χ1) is 7.95. The first-order valence-electron chi connectivity index (χ1n) is 5.90. The van der Waals surface area contributed by atoms with Gasteiger partial charge in [-0.15, -0.1) is 0 Å². The summed E-state index contributed by atoms with van der Waals surface area (Å²) in [7, 11) is 0. The molecule has 0 aliphatic carbocycles. The Kier molecular flexibility index (Phi) is 2.44. The van der Waals surface area contributed by atoms with E-state index in [1.54, 1.807) is 0 Å². The van der Waals surface area contributed by atoms with Crippen LogP contribution < -0.4 is 0 Å². The van der Waals surface area contributed by atoms with Crippen LogP contribution in [0.2, 0.25) is 0 Å². The summed E-state index contributed by atoms with van der Waals surface area (Å²) in [4.78, 5) is 8.59. The van der Waals surface area contributed by atoms with Crippen molar-refractivity contribution in [2.45, 2.75) is 32.2 Å². The molecular formula is C13H15N3. The molecule has 0 spiro atoms. The van der Waals surface area contributed by atoms with Gasteiger partial charge >= 0.3 is 0 Å². The summed E-state index contributed by atoms with van der Waals surface area (Å²) >= 11 is 0. The third-order valence-corrected chi connectivity index (χ3v) is 3.20. The van der Waals surface area contributed by atoms with E-state index in [1.165, 1.54) is 36.3 Å². The second-order valence-corrected chi connectivity index (χ2v) is 4.26. The van der Waals surface area contributed by atoms with Crippen molar-refractivity contribution in [3.63, 3.8) is 0 Å². The van der Waals surface area contributed by atoms with E-state index in [2.05, 4.69) is 26.7 Å². The normalized spacial score (nSPS) is 15.5. The van der Waals surface area contributed by atoms with Crippen molar-refractivity contribution in [2.24, 2.45) is 0 Å². The molecule has 0 N–H and O–H groups in total. The number of aryl methyl sites for hydroxylation is 1. The minimum absolute atomic E-state index is 1.10. The van der Waals surface area contributed by atoms with Crippen LogP contribution in [0.4, 0.5) is 0 Å². The molecule has 3 nitrogen and oxygen atoms in total.